The Kier molecular flexibility index (Phi) is 32.1. The maximum atomic E-state index is 12.1. The molecule has 104 heavy (non-hydrogen) atoms. The third-order valence-corrected chi connectivity index (χ3v) is 21.3. The van der Waals surface area contributed by atoms with Gasteiger partial charge in [0.05, 0.1) is 78.1 Å². The lowest BCUT2D eigenvalue weighted by Crippen LogP contribution is -2.33. The Morgan fingerprint density at radius 1 is 0.529 bits per heavy atom. The maximum Gasteiger partial charge on any atom is 0.349 e. The molecule has 0 bridgehead atoms. The van der Waals surface area contributed by atoms with Gasteiger partial charge in [0, 0.05) is 52.8 Å². The van der Waals surface area contributed by atoms with Crippen molar-refractivity contribution in [2.45, 2.75) is 139 Å². The first-order chi connectivity index (χ1) is 49.0. The van der Waals surface area contributed by atoms with Crippen LogP contribution in [0.15, 0.2) is 141 Å². The summed E-state index contributed by atoms with van der Waals surface area (Å²) in [5, 5.41) is 58.4. The molecule has 0 radical (unpaired) electrons. The number of anilines is 3. The lowest BCUT2D eigenvalue weighted by molar-refractivity contribution is -0.146. The molecule has 38 heteroatoms. The number of nitrogens with zero attached hydrogens (tertiary/aromatic N) is 8. The minimum atomic E-state index is -1.04. The molecule has 0 fully saturated rings. The van der Waals surface area contributed by atoms with E-state index >= 15 is 0 Å². The number of amides is 1. The van der Waals surface area contributed by atoms with Crippen LogP contribution in [0.4, 0.5) is 17.1 Å². The van der Waals surface area contributed by atoms with Crippen LogP contribution in [0.2, 0.25) is 40.2 Å². The van der Waals surface area contributed by atoms with Crippen LogP contribution in [0.25, 0.3) is 5.69 Å². The van der Waals surface area contributed by atoms with Gasteiger partial charge in [-0.15, -0.1) is 5.10 Å². The predicted octanol–water partition coefficient (Wildman–Crippen LogP) is 15.1. The van der Waals surface area contributed by atoms with Crippen LogP contribution < -0.4 is 49.9 Å². The van der Waals surface area contributed by atoms with Crippen LogP contribution in [0.1, 0.15) is 127 Å². The first-order valence-corrected chi connectivity index (χ1v) is 36.9. The van der Waals surface area contributed by atoms with Gasteiger partial charge in [-0.25, -0.2) is 25.2 Å². The van der Waals surface area contributed by atoms with Crippen LogP contribution in [0.3, 0.4) is 0 Å². The number of esters is 1. The van der Waals surface area contributed by atoms with Crippen LogP contribution in [0.5, 0.6) is 0 Å². The van der Waals surface area contributed by atoms with E-state index in [1.807, 2.05) is 66.4 Å². The predicted molar refractivity (Wildman–Crippen MR) is 409 cm³/mol. The van der Waals surface area contributed by atoms with Gasteiger partial charge in [-0.2, -0.15) is 35.6 Å². The Morgan fingerprint density at radius 3 is 1.18 bits per heavy atom. The number of ketones is 1. The van der Waals surface area contributed by atoms with Gasteiger partial charge in [0.25, 0.3) is 27.8 Å². The summed E-state index contributed by atoms with van der Waals surface area (Å²) in [6.07, 6.45) is -0.463. The molecule has 1 atom stereocenters. The number of nitrogens with one attached hydrogen (secondary N) is 7. The van der Waals surface area contributed by atoms with Crippen LogP contribution >= 0.6 is 140 Å². The normalized spacial score (nSPS) is 11.2. The fraction of sp³-hybridized carbons (Fsp3) is 0.273. The second kappa shape index (κ2) is 39.3. The molecule has 1 unspecified atom stereocenters. The molecule has 546 valence electrons. The van der Waals surface area contributed by atoms with Crippen molar-refractivity contribution >= 4 is 175 Å². The Labute approximate surface area is 649 Å². The molecule has 9 aromatic rings. The number of ether oxygens (including phenoxy) is 1. The first kappa shape index (κ1) is 84.9. The van der Waals surface area contributed by atoms with Gasteiger partial charge in [-0.05, 0) is 103 Å². The van der Waals surface area contributed by atoms with E-state index in [1.165, 1.54) is 54.3 Å². The summed E-state index contributed by atoms with van der Waals surface area (Å²) in [4.78, 5) is 110. The molecule has 5 heterocycles. The number of halogens is 8. The van der Waals surface area contributed by atoms with E-state index in [-0.39, 0.29) is 80.7 Å². The van der Waals surface area contributed by atoms with Gasteiger partial charge in [-0.1, -0.05) is 195 Å². The number of rotatable bonds is 21. The fourth-order valence-corrected chi connectivity index (χ4v) is 14.7. The largest absolute Gasteiger partial charge is 0.466 e. The molecular formula is C66H62Cl8N16O10S4. The highest BCUT2D eigenvalue weighted by molar-refractivity contribution is 8.00. The Bertz CT molecular complexity index is 5080. The number of aromatic nitrogens is 11. The standard InChI is InChI=1S/C21H22Cl2N4O4S.C17H12Cl2N6O3S.C15H15Cl2N3O2S.C13H13Cl2N3OS/c1-4-31-19(29)8-17(28)12(9-24)10-25-13-5-15(22)20(16(23)6-13)32-18-7-14(11(2)3)21(30)27-26-18;1-7(2)9-5-13(22-23-15(9)26)29-14-10(18)3-8(4-11(14)19)25-17(28)21-16(27)12(6-20)24-25;1-7(2)10-6-13(19-20-15(10)22)23-14-11(16)4-9(5-12(14)17)18-8(3)21;1-6(2)8-5-11(17-18-13(8)19)20-12-9(14)3-7(16)4-10(12)15/h5-7,11-12,25H,4,8,10H2,1-3H3,(H,27,30);3-5,7H,1-2H3,(H,23,26)(H,21,27,28);4-7H,1-3H3,(H,18,21)(H,20,22);3-6H,16H2,1-2H3,(H,18,19). The Morgan fingerprint density at radius 2 is 0.865 bits per heavy atom. The molecule has 0 spiro atoms. The maximum absolute atomic E-state index is 12.1. The number of nitriles is 2. The number of Topliss-reactive ketones (excluding diaryl/α,β-unsaturated/α-hetero) is 1. The molecule has 9 rings (SSSR count). The number of aromatic amines is 5. The van der Waals surface area contributed by atoms with Crippen molar-refractivity contribution in [2.75, 3.05) is 29.5 Å². The minimum absolute atomic E-state index is 0.00179. The molecule has 5 aromatic heterocycles. The van der Waals surface area contributed by atoms with E-state index in [1.54, 1.807) is 73.7 Å². The summed E-state index contributed by atoms with van der Waals surface area (Å²) in [7, 11) is 0. The van der Waals surface area contributed by atoms with E-state index in [0.717, 1.165) is 16.4 Å². The highest BCUT2D eigenvalue weighted by Crippen LogP contribution is 2.44. The van der Waals surface area contributed by atoms with Crippen LogP contribution in [0, 0.1) is 28.6 Å². The molecular weight excluding hydrogens is 1590 g/mol. The van der Waals surface area contributed by atoms with E-state index in [2.05, 4.69) is 56.5 Å². The van der Waals surface area contributed by atoms with Gasteiger partial charge in [0.15, 0.2) is 5.78 Å². The first-order valence-electron chi connectivity index (χ1n) is 30.6. The highest BCUT2D eigenvalue weighted by atomic mass is 35.5. The molecule has 0 aliphatic rings. The number of H-pyrrole nitrogens is 5. The van der Waals surface area contributed by atoms with E-state index in [0.29, 0.717) is 109 Å². The molecule has 1 amide bonds. The van der Waals surface area contributed by atoms with Crippen molar-refractivity contribution in [3.8, 4) is 17.8 Å². The summed E-state index contributed by atoms with van der Waals surface area (Å²) in [5.41, 5.74) is 6.74. The van der Waals surface area contributed by atoms with E-state index < -0.39 is 41.0 Å². The average molecular weight is 1650 g/mol. The molecule has 0 saturated heterocycles. The van der Waals surface area contributed by atoms with Crippen molar-refractivity contribution < 1.29 is 19.1 Å². The van der Waals surface area contributed by atoms with Gasteiger partial charge in [-0.3, -0.25) is 43.3 Å². The minimum Gasteiger partial charge on any atom is -0.466 e. The summed E-state index contributed by atoms with van der Waals surface area (Å²) < 4.78 is 5.56. The topological polar surface area (TPSA) is 409 Å². The third-order valence-electron chi connectivity index (χ3n) is 13.7. The number of carbonyl (C=O) groups excluding carboxylic acids is 3. The van der Waals surface area contributed by atoms with Crippen LogP contribution in [-0.4, -0.2) is 86.4 Å². The lowest BCUT2D eigenvalue weighted by Gasteiger charge is -2.13. The number of hydrogen-bond donors (Lipinski definition) is 8. The fourth-order valence-electron chi connectivity index (χ4n) is 8.66. The quantitative estimate of drug-likeness (QED) is 0.0188. The zero-order valence-corrected chi connectivity index (χ0v) is 65.6. The summed E-state index contributed by atoms with van der Waals surface area (Å²) in [6, 6.07) is 22.8. The van der Waals surface area contributed by atoms with Crippen molar-refractivity contribution in [1.29, 1.82) is 10.5 Å². The van der Waals surface area contributed by atoms with Gasteiger partial charge < -0.3 is 21.1 Å². The van der Waals surface area contributed by atoms with Crippen molar-refractivity contribution in [3.63, 3.8) is 0 Å². The zero-order valence-electron chi connectivity index (χ0n) is 56.3. The van der Waals surface area contributed by atoms with Gasteiger partial charge in [0.2, 0.25) is 11.6 Å². The summed E-state index contributed by atoms with van der Waals surface area (Å²) in [6.45, 7) is 18.5. The second-order valence-electron chi connectivity index (χ2n) is 22.9. The molecule has 0 saturated carbocycles. The molecule has 0 aliphatic carbocycles. The number of nitrogen functional groups attached to an aromatic ring is 1. The highest BCUT2D eigenvalue weighted by Gasteiger charge is 2.24. The third kappa shape index (κ3) is 24.0. The molecule has 0 aliphatic heterocycles. The van der Waals surface area contributed by atoms with Crippen molar-refractivity contribution in [3.05, 3.63) is 203 Å². The van der Waals surface area contributed by atoms with E-state index in [9.17, 15) is 48.4 Å². The number of benzene rings is 4. The van der Waals surface area contributed by atoms with Crippen molar-refractivity contribution in [2.24, 2.45) is 5.92 Å². The molecule has 26 nitrogen and oxygen atoms in total. The Hall–Kier alpha value is -8.08. The van der Waals surface area contributed by atoms with Gasteiger partial charge in [0.1, 0.15) is 38.5 Å². The number of carbonyl (C=O) groups is 3. The van der Waals surface area contributed by atoms with E-state index in [4.69, 9.17) is 109 Å². The second-order valence-corrected chi connectivity index (χ2v) is 30.3. The SMILES string of the molecule is CC(=O)Nc1cc(Cl)c(Sc2cc(C(C)C)c(=O)[nH]n2)c(Cl)c1.CC(C)c1cc(Sc2c(Cl)cc(-n3nc(C#N)c(=O)[nH]c3=O)cc2Cl)n[nH]c1=O.CC(C)c1cc(Sc2c(Cl)cc(N)cc2Cl)n[nH]c1=O.CCOC(=O)CC(=O)C(C#N)CNc1cc(Cl)c(Sc2cc(C(C)C)c(=O)[nH]n2)c(Cl)c1. The lowest BCUT2D eigenvalue weighted by atomic mass is 10.0. The summed E-state index contributed by atoms with van der Waals surface area (Å²) in [5.74, 6) is -2.23. The average Bonchev–Trinajstić information content (AvgIpc) is 0.793. The van der Waals surface area contributed by atoms with Gasteiger partial charge >= 0.3 is 11.7 Å². The Balaban J connectivity index is 0.000000221. The zero-order chi connectivity index (χ0) is 77.1. The number of nitrogens with two attached hydrogens (primary N) is 1. The summed E-state index contributed by atoms with van der Waals surface area (Å²) >= 11 is 55.1. The van der Waals surface area contributed by atoms with Crippen molar-refractivity contribution in [1.82, 2.24) is 55.6 Å². The van der Waals surface area contributed by atoms with Crippen LogP contribution in [-0.2, 0) is 19.1 Å². The monoisotopic (exact) mass is 1650 g/mol. The smallest absolute Gasteiger partial charge is 0.349 e. The molecule has 9 N–H and O–H groups in total. The molecule has 4 aromatic carbocycles. The number of hydrogen-bond acceptors (Lipinski definition) is 23.